The maximum absolute atomic E-state index is 5.73. The molecule has 1 heterocycles. The maximum atomic E-state index is 5.73. The summed E-state index contributed by atoms with van der Waals surface area (Å²) in [6.07, 6.45) is 5.05. The van der Waals surface area contributed by atoms with Crippen LogP contribution in [0.3, 0.4) is 0 Å². The quantitative estimate of drug-likeness (QED) is 0.924. The fourth-order valence-electron chi connectivity index (χ4n) is 2.29. The topological polar surface area (TPSA) is 34.1 Å². The van der Waals surface area contributed by atoms with Crippen LogP contribution >= 0.6 is 15.9 Å². The highest BCUT2D eigenvalue weighted by Gasteiger charge is 2.48. The predicted molar refractivity (Wildman–Crippen MR) is 73.2 cm³/mol. The molecule has 1 aliphatic rings. The summed E-state index contributed by atoms with van der Waals surface area (Å²) < 4.78 is 6.74. The normalized spacial score (nSPS) is 26.4. The van der Waals surface area contributed by atoms with E-state index in [1.54, 1.807) is 6.20 Å². The molecule has 0 amide bonds. The van der Waals surface area contributed by atoms with E-state index in [-0.39, 0.29) is 5.41 Å². The van der Waals surface area contributed by atoms with Crippen molar-refractivity contribution in [2.75, 3.05) is 11.9 Å². The van der Waals surface area contributed by atoms with Gasteiger partial charge in [-0.25, -0.2) is 0 Å². The lowest BCUT2D eigenvalue weighted by Gasteiger charge is -2.52. The van der Waals surface area contributed by atoms with Gasteiger partial charge in [-0.3, -0.25) is 4.98 Å². The zero-order valence-corrected chi connectivity index (χ0v) is 12.1. The number of halogens is 1. The third-order valence-electron chi connectivity index (χ3n) is 3.65. The molecule has 1 N–H and O–H groups in total. The molecule has 4 heteroatoms. The molecule has 1 aromatic rings. The number of anilines is 1. The van der Waals surface area contributed by atoms with Crippen molar-refractivity contribution in [2.45, 2.75) is 39.3 Å². The average Bonchev–Trinajstić information content (AvgIpc) is 2.30. The van der Waals surface area contributed by atoms with Crippen LogP contribution in [0.2, 0.25) is 0 Å². The summed E-state index contributed by atoms with van der Waals surface area (Å²) >= 11 is 3.51. The van der Waals surface area contributed by atoms with Crippen molar-refractivity contribution in [3.63, 3.8) is 0 Å². The third-order valence-corrected chi connectivity index (χ3v) is 4.28. The third kappa shape index (κ3) is 2.47. The van der Waals surface area contributed by atoms with Gasteiger partial charge in [-0.05, 0) is 35.3 Å². The first kappa shape index (κ1) is 12.8. The summed E-state index contributed by atoms with van der Waals surface area (Å²) in [6, 6.07) is 2.45. The Morgan fingerprint density at radius 1 is 1.59 bits per heavy atom. The Balaban J connectivity index is 2.01. The second-order valence-corrected chi connectivity index (χ2v) is 5.91. The molecule has 2 atom stereocenters. The van der Waals surface area contributed by atoms with Crippen molar-refractivity contribution in [1.82, 2.24) is 4.98 Å². The second kappa shape index (κ2) is 4.94. The lowest BCUT2D eigenvalue weighted by molar-refractivity contribution is -0.0976. The summed E-state index contributed by atoms with van der Waals surface area (Å²) in [4.78, 5) is 4.07. The van der Waals surface area contributed by atoms with Crippen molar-refractivity contribution >= 4 is 21.6 Å². The van der Waals surface area contributed by atoms with Gasteiger partial charge in [-0.2, -0.15) is 0 Å². The number of hydrogen-bond acceptors (Lipinski definition) is 3. The summed E-state index contributed by atoms with van der Waals surface area (Å²) in [7, 11) is 0. The van der Waals surface area contributed by atoms with Crippen molar-refractivity contribution in [1.29, 1.82) is 0 Å². The number of nitrogens with one attached hydrogen (secondary N) is 1. The highest BCUT2D eigenvalue weighted by Crippen LogP contribution is 2.44. The molecule has 1 aliphatic carbocycles. The first-order chi connectivity index (χ1) is 8.05. The van der Waals surface area contributed by atoms with Gasteiger partial charge in [0.2, 0.25) is 0 Å². The van der Waals surface area contributed by atoms with Gasteiger partial charge >= 0.3 is 0 Å². The number of pyridine rings is 1. The molecular weight excluding hydrogens is 280 g/mol. The second-order valence-electron chi connectivity index (χ2n) is 5.05. The van der Waals surface area contributed by atoms with Crippen LogP contribution < -0.4 is 5.32 Å². The van der Waals surface area contributed by atoms with Crippen LogP contribution in [0.15, 0.2) is 22.9 Å². The number of nitrogens with zero attached hydrogens (tertiary/aromatic N) is 1. The Hall–Kier alpha value is -0.610. The number of hydrogen-bond donors (Lipinski definition) is 1. The van der Waals surface area contributed by atoms with Crippen molar-refractivity contribution in [3.8, 4) is 0 Å². The molecule has 1 aromatic heterocycles. The van der Waals surface area contributed by atoms with Crippen LogP contribution in [0.4, 0.5) is 5.69 Å². The van der Waals surface area contributed by atoms with Gasteiger partial charge in [-0.15, -0.1) is 0 Å². The minimum Gasteiger partial charge on any atom is -0.381 e. The molecular formula is C13H19BrN2O. The SMILES string of the molecule is CCOC1CC(Nc2ccncc2Br)C1(C)C. The Labute approximate surface area is 111 Å². The van der Waals surface area contributed by atoms with Crippen LogP contribution in [0.25, 0.3) is 0 Å². The van der Waals surface area contributed by atoms with E-state index in [0.717, 1.165) is 23.2 Å². The Kier molecular flexibility index (Phi) is 3.73. The average molecular weight is 299 g/mol. The van der Waals surface area contributed by atoms with Crippen LogP contribution in [0.5, 0.6) is 0 Å². The van der Waals surface area contributed by atoms with Gasteiger partial charge < -0.3 is 10.1 Å². The molecule has 2 unspecified atom stereocenters. The molecule has 0 saturated heterocycles. The number of aromatic nitrogens is 1. The fourth-order valence-corrected chi connectivity index (χ4v) is 2.66. The maximum Gasteiger partial charge on any atom is 0.0665 e. The van der Waals surface area contributed by atoms with E-state index >= 15 is 0 Å². The van der Waals surface area contributed by atoms with Gasteiger partial charge in [-0.1, -0.05) is 13.8 Å². The van der Waals surface area contributed by atoms with Crippen LogP contribution in [-0.2, 0) is 4.74 Å². The largest absolute Gasteiger partial charge is 0.381 e. The van der Waals surface area contributed by atoms with Gasteiger partial charge in [0.25, 0.3) is 0 Å². The zero-order chi connectivity index (χ0) is 12.5. The fraction of sp³-hybridized carbons (Fsp3) is 0.615. The molecule has 94 valence electrons. The van der Waals surface area contributed by atoms with E-state index in [2.05, 4.69) is 47.0 Å². The number of ether oxygens (including phenoxy) is 1. The van der Waals surface area contributed by atoms with E-state index in [0.29, 0.717) is 12.1 Å². The van der Waals surface area contributed by atoms with Crippen LogP contribution in [0.1, 0.15) is 27.2 Å². The molecule has 2 rings (SSSR count). The van der Waals surface area contributed by atoms with Gasteiger partial charge in [0.1, 0.15) is 0 Å². The molecule has 0 spiro atoms. The Bertz CT molecular complexity index is 395. The highest BCUT2D eigenvalue weighted by molar-refractivity contribution is 9.10. The first-order valence-electron chi connectivity index (χ1n) is 6.03. The minimum atomic E-state index is 0.179. The summed E-state index contributed by atoms with van der Waals surface area (Å²) in [6.45, 7) is 7.35. The van der Waals surface area contributed by atoms with Crippen molar-refractivity contribution < 1.29 is 4.74 Å². The summed E-state index contributed by atoms with van der Waals surface area (Å²) in [5.41, 5.74) is 1.28. The summed E-state index contributed by atoms with van der Waals surface area (Å²) in [5.74, 6) is 0. The van der Waals surface area contributed by atoms with Gasteiger partial charge in [0.05, 0.1) is 16.3 Å². The van der Waals surface area contributed by atoms with Crippen molar-refractivity contribution in [2.24, 2.45) is 5.41 Å². The van der Waals surface area contributed by atoms with E-state index in [1.165, 1.54) is 0 Å². The first-order valence-corrected chi connectivity index (χ1v) is 6.82. The van der Waals surface area contributed by atoms with Crippen LogP contribution in [-0.4, -0.2) is 23.7 Å². The van der Waals surface area contributed by atoms with Gasteiger partial charge in [0.15, 0.2) is 0 Å². The standard InChI is InChI=1S/C13H19BrN2O/c1-4-17-12-7-11(13(12,2)3)16-10-5-6-15-8-9(10)14/h5-6,8,11-12H,4,7H2,1-3H3,(H,15,16). The van der Waals surface area contributed by atoms with E-state index in [9.17, 15) is 0 Å². The summed E-state index contributed by atoms with van der Waals surface area (Å²) in [5, 5.41) is 3.56. The lowest BCUT2D eigenvalue weighted by Crippen LogP contribution is -2.58. The molecule has 1 fully saturated rings. The molecule has 17 heavy (non-hydrogen) atoms. The molecule has 0 aliphatic heterocycles. The van der Waals surface area contributed by atoms with E-state index in [1.807, 2.05) is 12.3 Å². The Morgan fingerprint density at radius 2 is 2.35 bits per heavy atom. The Morgan fingerprint density at radius 3 is 2.94 bits per heavy atom. The molecule has 1 saturated carbocycles. The van der Waals surface area contributed by atoms with Crippen LogP contribution in [0, 0.1) is 5.41 Å². The highest BCUT2D eigenvalue weighted by atomic mass is 79.9. The molecule has 0 radical (unpaired) electrons. The lowest BCUT2D eigenvalue weighted by atomic mass is 9.64. The van der Waals surface area contributed by atoms with E-state index < -0.39 is 0 Å². The van der Waals surface area contributed by atoms with Gasteiger partial charge in [0, 0.05) is 30.5 Å². The smallest absolute Gasteiger partial charge is 0.0665 e. The molecule has 0 bridgehead atoms. The van der Waals surface area contributed by atoms with E-state index in [4.69, 9.17) is 4.74 Å². The molecule has 3 nitrogen and oxygen atoms in total. The minimum absolute atomic E-state index is 0.179. The zero-order valence-electron chi connectivity index (χ0n) is 10.5. The van der Waals surface area contributed by atoms with Crippen molar-refractivity contribution in [3.05, 3.63) is 22.9 Å². The monoisotopic (exact) mass is 298 g/mol. The molecule has 0 aromatic carbocycles. The number of rotatable bonds is 4. The predicted octanol–water partition coefficient (Wildman–Crippen LogP) is 3.46.